The molecule has 0 aliphatic carbocycles. The molecular formula is C12H17FN2O2S. The van der Waals surface area contributed by atoms with Crippen LogP contribution in [0.1, 0.15) is 5.56 Å². The number of nitrogens with zero attached hydrogens (tertiary/aromatic N) is 1. The molecule has 1 aliphatic rings. The summed E-state index contributed by atoms with van der Waals surface area (Å²) in [5.74, 6) is 0. The van der Waals surface area contributed by atoms with Gasteiger partial charge in [-0.1, -0.05) is 17.7 Å². The molecular weight excluding hydrogens is 255 g/mol. The van der Waals surface area contributed by atoms with E-state index in [2.05, 4.69) is 5.32 Å². The van der Waals surface area contributed by atoms with E-state index in [1.54, 1.807) is 24.3 Å². The first-order valence-corrected chi connectivity index (χ1v) is 7.36. The van der Waals surface area contributed by atoms with Gasteiger partial charge >= 0.3 is 0 Å². The zero-order chi connectivity index (χ0) is 13.2. The van der Waals surface area contributed by atoms with Gasteiger partial charge in [0.25, 0.3) is 0 Å². The van der Waals surface area contributed by atoms with Crippen LogP contribution in [-0.4, -0.2) is 45.1 Å². The first-order chi connectivity index (χ1) is 8.50. The highest BCUT2D eigenvalue weighted by Gasteiger charge is 2.28. The van der Waals surface area contributed by atoms with Gasteiger partial charge in [0.1, 0.15) is 6.17 Å². The first kappa shape index (κ1) is 13.5. The van der Waals surface area contributed by atoms with E-state index < -0.39 is 16.2 Å². The molecule has 1 aromatic rings. The van der Waals surface area contributed by atoms with Gasteiger partial charge in [0.15, 0.2) is 0 Å². The van der Waals surface area contributed by atoms with Gasteiger partial charge in [-0.2, -0.15) is 4.31 Å². The molecule has 1 aliphatic heterocycles. The van der Waals surface area contributed by atoms with Crippen molar-refractivity contribution in [2.24, 2.45) is 0 Å². The summed E-state index contributed by atoms with van der Waals surface area (Å²) in [5, 5.41) is 2.88. The minimum absolute atomic E-state index is 0.0801. The SMILES string of the molecule is Cc1ccc(S(=O)(=O)N2CCNCC(F)C2)cc1. The molecule has 1 atom stereocenters. The molecule has 0 amide bonds. The highest BCUT2D eigenvalue weighted by atomic mass is 32.2. The van der Waals surface area contributed by atoms with Crippen LogP contribution in [0.15, 0.2) is 29.2 Å². The number of benzene rings is 1. The second-order valence-corrected chi connectivity index (χ2v) is 6.42. The molecule has 4 nitrogen and oxygen atoms in total. The van der Waals surface area contributed by atoms with Gasteiger partial charge in [0.2, 0.25) is 10.0 Å². The molecule has 100 valence electrons. The summed E-state index contributed by atoms with van der Waals surface area (Å²) < 4.78 is 39.3. The Labute approximate surface area is 107 Å². The summed E-state index contributed by atoms with van der Waals surface area (Å²) in [7, 11) is -3.58. The number of halogens is 1. The third-order valence-electron chi connectivity index (χ3n) is 2.96. The van der Waals surface area contributed by atoms with Crippen LogP contribution in [0.25, 0.3) is 0 Å². The Bertz CT molecular complexity index is 501. The van der Waals surface area contributed by atoms with Crippen molar-refractivity contribution in [3.63, 3.8) is 0 Å². The molecule has 0 spiro atoms. The van der Waals surface area contributed by atoms with Crippen LogP contribution in [-0.2, 0) is 10.0 Å². The van der Waals surface area contributed by atoms with E-state index in [0.29, 0.717) is 13.1 Å². The standard InChI is InChI=1S/C12H17FN2O2S/c1-10-2-4-12(5-3-10)18(16,17)15-7-6-14-8-11(13)9-15/h2-5,11,14H,6-9H2,1H3. The van der Waals surface area contributed by atoms with Crippen LogP contribution in [0, 0.1) is 6.92 Å². The van der Waals surface area contributed by atoms with Crippen molar-refractivity contribution in [3.8, 4) is 0 Å². The molecule has 1 fully saturated rings. The summed E-state index contributed by atoms with van der Waals surface area (Å²) in [6.45, 7) is 2.80. The molecule has 1 N–H and O–H groups in total. The molecule has 0 aromatic heterocycles. The summed E-state index contributed by atoms with van der Waals surface area (Å²) in [6, 6.07) is 6.62. The van der Waals surface area contributed by atoms with E-state index in [4.69, 9.17) is 0 Å². The van der Waals surface area contributed by atoms with Crippen molar-refractivity contribution in [2.45, 2.75) is 18.0 Å². The maximum Gasteiger partial charge on any atom is 0.243 e. The fourth-order valence-corrected chi connectivity index (χ4v) is 3.38. The minimum atomic E-state index is -3.58. The lowest BCUT2D eigenvalue weighted by Gasteiger charge is -2.20. The van der Waals surface area contributed by atoms with Gasteiger partial charge in [-0.25, -0.2) is 12.8 Å². The largest absolute Gasteiger partial charge is 0.312 e. The lowest BCUT2D eigenvalue weighted by Crippen LogP contribution is -2.36. The molecule has 2 rings (SSSR count). The molecule has 1 heterocycles. The van der Waals surface area contributed by atoms with E-state index in [1.807, 2.05) is 6.92 Å². The molecule has 1 aromatic carbocycles. The topological polar surface area (TPSA) is 49.4 Å². The van der Waals surface area contributed by atoms with Gasteiger partial charge in [-0.3, -0.25) is 0 Å². The number of hydrogen-bond acceptors (Lipinski definition) is 3. The smallest absolute Gasteiger partial charge is 0.243 e. The Morgan fingerprint density at radius 2 is 2.00 bits per heavy atom. The van der Waals surface area contributed by atoms with Crippen molar-refractivity contribution < 1.29 is 12.8 Å². The Morgan fingerprint density at radius 1 is 1.33 bits per heavy atom. The lowest BCUT2D eigenvalue weighted by atomic mass is 10.2. The fourth-order valence-electron chi connectivity index (χ4n) is 1.92. The van der Waals surface area contributed by atoms with E-state index in [9.17, 15) is 12.8 Å². The summed E-state index contributed by atoms with van der Waals surface area (Å²) >= 11 is 0. The van der Waals surface area contributed by atoms with Gasteiger partial charge < -0.3 is 5.32 Å². The maximum atomic E-state index is 13.4. The third kappa shape index (κ3) is 2.88. The second-order valence-electron chi connectivity index (χ2n) is 4.48. The highest BCUT2D eigenvalue weighted by molar-refractivity contribution is 7.89. The van der Waals surface area contributed by atoms with Crippen LogP contribution >= 0.6 is 0 Å². The van der Waals surface area contributed by atoms with Crippen LogP contribution in [0.3, 0.4) is 0 Å². The quantitative estimate of drug-likeness (QED) is 0.871. The molecule has 0 bridgehead atoms. The van der Waals surface area contributed by atoms with Gasteiger partial charge in [0.05, 0.1) is 4.90 Å². The van der Waals surface area contributed by atoms with E-state index >= 15 is 0 Å². The molecule has 0 radical (unpaired) electrons. The number of alkyl halides is 1. The molecule has 0 saturated carbocycles. The van der Waals surface area contributed by atoms with Crippen LogP contribution in [0.5, 0.6) is 0 Å². The molecule has 18 heavy (non-hydrogen) atoms. The normalized spacial score (nSPS) is 22.7. The number of sulfonamides is 1. The fraction of sp³-hybridized carbons (Fsp3) is 0.500. The number of aryl methyl sites for hydroxylation is 1. The van der Waals surface area contributed by atoms with Gasteiger partial charge in [0, 0.05) is 26.2 Å². The Balaban J connectivity index is 2.26. The van der Waals surface area contributed by atoms with E-state index in [1.165, 1.54) is 4.31 Å². The predicted molar refractivity (Wildman–Crippen MR) is 67.7 cm³/mol. The average molecular weight is 272 g/mol. The molecule has 1 unspecified atom stereocenters. The maximum absolute atomic E-state index is 13.4. The van der Waals surface area contributed by atoms with Crippen LogP contribution in [0.2, 0.25) is 0 Å². The first-order valence-electron chi connectivity index (χ1n) is 5.92. The number of nitrogens with one attached hydrogen (secondary N) is 1. The zero-order valence-electron chi connectivity index (χ0n) is 10.3. The number of hydrogen-bond donors (Lipinski definition) is 1. The van der Waals surface area contributed by atoms with Crippen molar-refractivity contribution in [2.75, 3.05) is 26.2 Å². The van der Waals surface area contributed by atoms with Crippen LogP contribution in [0.4, 0.5) is 4.39 Å². The van der Waals surface area contributed by atoms with Crippen molar-refractivity contribution in [3.05, 3.63) is 29.8 Å². The monoisotopic (exact) mass is 272 g/mol. The summed E-state index contributed by atoms with van der Waals surface area (Å²) in [5.41, 5.74) is 0.995. The summed E-state index contributed by atoms with van der Waals surface area (Å²) in [6.07, 6.45) is -1.16. The zero-order valence-corrected chi connectivity index (χ0v) is 11.1. The third-order valence-corrected chi connectivity index (χ3v) is 4.84. The second kappa shape index (κ2) is 5.34. The summed E-state index contributed by atoms with van der Waals surface area (Å²) in [4.78, 5) is 0.224. The lowest BCUT2D eigenvalue weighted by molar-refractivity contribution is 0.284. The Hall–Kier alpha value is -0.980. The van der Waals surface area contributed by atoms with Gasteiger partial charge in [-0.05, 0) is 19.1 Å². The average Bonchev–Trinajstić information content (AvgIpc) is 2.55. The Kier molecular flexibility index (Phi) is 3.99. The van der Waals surface area contributed by atoms with Crippen molar-refractivity contribution in [1.29, 1.82) is 0 Å². The minimum Gasteiger partial charge on any atom is -0.312 e. The molecule has 6 heteroatoms. The van der Waals surface area contributed by atoms with Gasteiger partial charge in [-0.15, -0.1) is 0 Å². The number of rotatable bonds is 2. The highest BCUT2D eigenvalue weighted by Crippen LogP contribution is 2.17. The predicted octanol–water partition coefficient (Wildman–Crippen LogP) is 0.927. The van der Waals surface area contributed by atoms with E-state index in [-0.39, 0.29) is 18.0 Å². The molecule has 1 saturated heterocycles. The Morgan fingerprint density at radius 3 is 2.67 bits per heavy atom. The van der Waals surface area contributed by atoms with Crippen molar-refractivity contribution in [1.82, 2.24) is 9.62 Å². The van der Waals surface area contributed by atoms with Crippen LogP contribution < -0.4 is 5.32 Å². The van der Waals surface area contributed by atoms with Crippen molar-refractivity contribution >= 4 is 10.0 Å². The van der Waals surface area contributed by atoms with E-state index in [0.717, 1.165) is 5.56 Å².